The Balaban J connectivity index is 2.53. The van der Waals surface area contributed by atoms with E-state index >= 15 is 0 Å². The number of hydrogen-bond acceptors (Lipinski definition) is 3. The summed E-state index contributed by atoms with van der Waals surface area (Å²) in [6.07, 6.45) is 2.22. The van der Waals surface area contributed by atoms with Crippen LogP contribution in [0.1, 0.15) is 37.6 Å². The maximum atomic E-state index is 5.64. The molecule has 0 amide bonds. The first-order valence-corrected chi connectivity index (χ1v) is 7.50. The molecule has 1 aromatic rings. The Hall–Kier alpha value is 0.100. The fourth-order valence-corrected chi connectivity index (χ4v) is 3.16. The normalized spacial score (nSPS) is 12.9. The summed E-state index contributed by atoms with van der Waals surface area (Å²) in [5, 5.41) is 5.64. The second-order valence-corrected chi connectivity index (χ2v) is 5.52. The number of rotatable bonds is 8. The van der Waals surface area contributed by atoms with Crippen LogP contribution in [0.25, 0.3) is 0 Å². The smallest absolute Gasteiger partial charge is 0.0669 e. The highest BCUT2D eigenvalue weighted by molar-refractivity contribution is 9.10. The molecule has 0 saturated carbocycles. The van der Waals surface area contributed by atoms with Gasteiger partial charge < -0.3 is 10.1 Å². The molecule has 1 atom stereocenters. The molecule has 0 fully saturated rings. The van der Waals surface area contributed by atoms with Crippen molar-refractivity contribution in [1.29, 1.82) is 0 Å². The minimum absolute atomic E-state index is 0.320. The van der Waals surface area contributed by atoms with Gasteiger partial charge >= 0.3 is 0 Å². The lowest BCUT2D eigenvalue weighted by Gasteiger charge is -2.17. The highest BCUT2D eigenvalue weighted by atomic mass is 79.9. The van der Waals surface area contributed by atoms with Crippen molar-refractivity contribution in [2.45, 2.75) is 32.7 Å². The highest BCUT2D eigenvalue weighted by Crippen LogP contribution is 2.29. The van der Waals surface area contributed by atoms with Crippen molar-refractivity contribution in [1.82, 2.24) is 5.32 Å². The van der Waals surface area contributed by atoms with E-state index in [2.05, 4.69) is 46.5 Å². The number of nitrogens with one attached hydrogen (secondary N) is 1. The first kappa shape index (κ1) is 14.2. The van der Waals surface area contributed by atoms with Crippen molar-refractivity contribution in [2.75, 3.05) is 19.8 Å². The van der Waals surface area contributed by atoms with E-state index in [9.17, 15) is 0 Å². The van der Waals surface area contributed by atoms with Crippen LogP contribution in [0.3, 0.4) is 0 Å². The third kappa shape index (κ3) is 4.53. The Morgan fingerprint density at radius 1 is 1.44 bits per heavy atom. The van der Waals surface area contributed by atoms with Gasteiger partial charge in [-0.25, -0.2) is 0 Å². The molecule has 0 aliphatic carbocycles. The van der Waals surface area contributed by atoms with Gasteiger partial charge in [0.15, 0.2) is 0 Å². The minimum Gasteiger partial charge on any atom is -0.379 e. The summed E-state index contributed by atoms with van der Waals surface area (Å²) in [7, 11) is 0. The lowest BCUT2D eigenvalue weighted by Crippen LogP contribution is -2.26. The van der Waals surface area contributed by atoms with Crippen LogP contribution < -0.4 is 5.32 Å². The summed E-state index contributed by atoms with van der Waals surface area (Å²) in [5.41, 5.74) is 0. The second-order valence-electron chi connectivity index (χ2n) is 3.71. The van der Waals surface area contributed by atoms with Crippen LogP contribution in [0.4, 0.5) is 0 Å². The predicted octanol–water partition coefficient (Wildman–Crippen LogP) is 3.98. The highest BCUT2D eigenvalue weighted by Gasteiger charge is 2.15. The van der Waals surface area contributed by atoms with Gasteiger partial charge in [-0.05, 0) is 46.8 Å². The maximum Gasteiger partial charge on any atom is 0.0669 e. The SMILES string of the molecule is CCCNC(COCCC)c1sccc1Br. The summed E-state index contributed by atoms with van der Waals surface area (Å²) in [4.78, 5) is 1.34. The third-order valence-electron chi connectivity index (χ3n) is 2.23. The molecular formula is C12H20BrNOS. The molecule has 0 saturated heterocycles. The minimum atomic E-state index is 0.320. The molecular weight excluding hydrogens is 286 g/mol. The Morgan fingerprint density at radius 2 is 2.25 bits per heavy atom. The summed E-state index contributed by atoms with van der Waals surface area (Å²) >= 11 is 5.36. The van der Waals surface area contributed by atoms with Gasteiger partial charge in [-0.15, -0.1) is 11.3 Å². The number of hydrogen-bond donors (Lipinski definition) is 1. The molecule has 2 nitrogen and oxygen atoms in total. The monoisotopic (exact) mass is 305 g/mol. The largest absolute Gasteiger partial charge is 0.379 e. The van der Waals surface area contributed by atoms with E-state index in [0.29, 0.717) is 6.04 Å². The van der Waals surface area contributed by atoms with Crippen molar-refractivity contribution in [2.24, 2.45) is 0 Å². The Labute approximate surface area is 111 Å². The topological polar surface area (TPSA) is 21.3 Å². The average Bonchev–Trinajstić information content (AvgIpc) is 2.70. The zero-order chi connectivity index (χ0) is 11.8. The van der Waals surface area contributed by atoms with Gasteiger partial charge in [-0.3, -0.25) is 0 Å². The van der Waals surface area contributed by atoms with E-state index < -0.39 is 0 Å². The third-order valence-corrected chi connectivity index (χ3v) is 4.22. The van der Waals surface area contributed by atoms with Crippen LogP contribution >= 0.6 is 27.3 Å². The molecule has 0 bridgehead atoms. The van der Waals surface area contributed by atoms with E-state index in [1.807, 2.05) is 0 Å². The first-order valence-electron chi connectivity index (χ1n) is 5.83. The molecule has 1 rings (SSSR count). The van der Waals surface area contributed by atoms with Gasteiger partial charge in [0, 0.05) is 16.0 Å². The molecule has 1 heterocycles. The van der Waals surface area contributed by atoms with Crippen molar-refractivity contribution in [3.8, 4) is 0 Å². The molecule has 0 spiro atoms. The molecule has 4 heteroatoms. The molecule has 0 aliphatic rings. The summed E-state index contributed by atoms with van der Waals surface area (Å²) < 4.78 is 6.83. The van der Waals surface area contributed by atoms with Crippen molar-refractivity contribution in [3.63, 3.8) is 0 Å². The quantitative estimate of drug-likeness (QED) is 0.734. The van der Waals surface area contributed by atoms with Gasteiger partial charge in [0.25, 0.3) is 0 Å². The van der Waals surface area contributed by atoms with Crippen molar-refractivity contribution < 1.29 is 4.74 Å². The van der Waals surface area contributed by atoms with Gasteiger partial charge in [0.2, 0.25) is 0 Å². The molecule has 16 heavy (non-hydrogen) atoms. The van der Waals surface area contributed by atoms with Crippen molar-refractivity contribution >= 4 is 27.3 Å². The zero-order valence-electron chi connectivity index (χ0n) is 9.96. The Morgan fingerprint density at radius 3 is 2.81 bits per heavy atom. The molecule has 0 aromatic carbocycles. The standard InChI is InChI=1S/C12H20BrNOS/c1-3-6-14-11(9-15-7-4-2)12-10(13)5-8-16-12/h5,8,11,14H,3-4,6-7,9H2,1-2H3. The van der Waals surface area contributed by atoms with Gasteiger partial charge in [0.1, 0.15) is 0 Å². The molecule has 0 radical (unpaired) electrons. The van der Waals surface area contributed by atoms with Gasteiger partial charge in [-0.1, -0.05) is 13.8 Å². The van der Waals surface area contributed by atoms with E-state index in [4.69, 9.17) is 4.74 Å². The van der Waals surface area contributed by atoms with Gasteiger partial charge in [-0.2, -0.15) is 0 Å². The first-order chi connectivity index (χ1) is 7.79. The number of thiophene rings is 1. The second kappa shape index (κ2) is 8.23. The van der Waals surface area contributed by atoms with Crippen LogP contribution in [-0.4, -0.2) is 19.8 Å². The zero-order valence-corrected chi connectivity index (χ0v) is 12.4. The lowest BCUT2D eigenvalue weighted by atomic mass is 10.2. The molecule has 92 valence electrons. The van der Waals surface area contributed by atoms with Gasteiger partial charge in [0.05, 0.1) is 12.6 Å². The van der Waals surface area contributed by atoms with Crippen LogP contribution in [0.5, 0.6) is 0 Å². The Kier molecular flexibility index (Phi) is 7.28. The van der Waals surface area contributed by atoms with Crippen LogP contribution in [0.2, 0.25) is 0 Å². The van der Waals surface area contributed by atoms with Crippen LogP contribution in [-0.2, 0) is 4.74 Å². The van der Waals surface area contributed by atoms with Crippen molar-refractivity contribution in [3.05, 3.63) is 20.8 Å². The van der Waals surface area contributed by atoms with E-state index in [-0.39, 0.29) is 0 Å². The molecule has 1 N–H and O–H groups in total. The van der Waals surface area contributed by atoms with Crippen LogP contribution in [0.15, 0.2) is 15.9 Å². The lowest BCUT2D eigenvalue weighted by molar-refractivity contribution is 0.112. The summed E-state index contributed by atoms with van der Waals surface area (Å²) in [5.74, 6) is 0. The average molecular weight is 306 g/mol. The molecule has 1 unspecified atom stereocenters. The maximum absolute atomic E-state index is 5.64. The van der Waals surface area contributed by atoms with E-state index in [0.717, 1.165) is 32.6 Å². The fraction of sp³-hybridized carbons (Fsp3) is 0.667. The van der Waals surface area contributed by atoms with Crippen LogP contribution in [0, 0.1) is 0 Å². The Bertz CT molecular complexity index is 290. The van der Waals surface area contributed by atoms with E-state index in [1.165, 1.54) is 9.35 Å². The molecule has 0 aliphatic heterocycles. The molecule has 1 aromatic heterocycles. The van der Waals surface area contributed by atoms with E-state index in [1.54, 1.807) is 11.3 Å². The summed E-state index contributed by atoms with van der Waals surface area (Å²) in [6.45, 7) is 6.95. The predicted molar refractivity (Wildman–Crippen MR) is 74.2 cm³/mol. The fourth-order valence-electron chi connectivity index (χ4n) is 1.45. The number of ether oxygens (including phenoxy) is 1. The summed E-state index contributed by atoms with van der Waals surface area (Å²) in [6, 6.07) is 2.42. The number of halogens is 1.